The van der Waals surface area contributed by atoms with Crippen molar-refractivity contribution in [1.29, 1.82) is 0 Å². The molecule has 4 rings (SSSR count). The van der Waals surface area contributed by atoms with Gasteiger partial charge in [-0.1, -0.05) is 37.1 Å². The summed E-state index contributed by atoms with van der Waals surface area (Å²) in [6.45, 7) is 0. The molecule has 0 bridgehead atoms. The molecule has 0 saturated heterocycles. The molecule has 2 aliphatic rings. The zero-order valence-corrected chi connectivity index (χ0v) is 10.9. The van der Waals surface area contributed by atoms with Crippen LogP contribution in [0.4, 0.5) is 0 Å². The van der Waals surface area contributed by atoms with Crippen LogP contribution in [0.5, 0.6) is 0 Å². The van der Waals surface area contributed by atoms with E-state index >= 15 is 0 Å². The van der Waals surface area contributed by atoms with Gasteiger partial charge in [-0.2, -0.15) is 0 Å². The van der Waals surface area contributed by atoms with Crippen LogP contribution in [0.1, 0.15) is 37.3 Å². The van der Waals surface area contributed by atoms with Crippen LogP contribution in [0.25, 0.3) is 11.3 Å². The van der Waals surface area contributed by atoms with E-state index in [1.54, 1.807) is 0 Å². The van der Waals surface area contributed by atoms with Gasteiger partial charge in [-0.25, -0.2) is 4.98 Å². The maximum absolute atomic E-state index is 10.4. The van der Waals surface area contributed by atoms with Crippen molar-refractivity contribution in [3.8, 4) is 11.3 Å². The van der Waals surface area contributed by atoms with Crippen LogP contribution >= 0.6 is 0 Å². The molecular weight excluding hydrogens is 236 g/mol. The van der Waals surface area contributed by atoms with E-state index in [-0.39, 0.29) is 12.1 Å². The Bertz CT molecular complexity index is 604. The lowest BCUT2D eigenvalue weighted by molar-refractivity contribution is 0.0504. The summed E-state index contributed by atoms with van der Waals surface area (Å²) in [6.07, 6.45) is 8.11. The number of nitrogens with zero attached hydrogens (tertiary/aromatic N) is 2. The first-order valence-electron chi connectivity index (χ1n) is 7.15. The minimum Gasteiger partial charge on any atom is -0.393 e. The highest BCUT2D eigenvalue weighted by Crippen LogP contribution is 2.46. The number of imidazole rings is 1. The zero-order valence-electron chi connectivity index (χ0n) is 10.9. The zero-order chi connectivity index (χ0) is 12.8. The molecule has 1 aromatic heterocycles. The van der Waals surface area contributed by atoms with E-state index in [0.29, 0.717) is 5.92 Å². The highest BCUT2D eigenvalue weighted by atomic mass is 16.3. The molecule has 3 heteroatoms. The standard InChI is InChI=1S/C16H18N2O/c19-15-8-4-3-7-13(15)16-12-6-2-1-5-11(12)14-9-17-10-18(14)16/h1-2,5-6,9-10,13,15-16,19H,3-4,7-8H2/t13?,15-,16+/m0/s1. The van der Waals surface area contributed by atoms with Gasteiger partial charge in [-0.3, -0.25) is 0 Å². The number of hydrogen-bond donors (Lipinski definition) is 1. The highest BCUT2D eigenvalue weighted by Gasteiger charge is 2.38. The fourth-order valence-corrected chi connectivity index (χ4v) is 3.82. The Morgan fingerprint density at radius 1 is 1.16 bits per heavy atom. The van der Waals surface area contributed by atoms with Gasteiger partial charge in [-0.15, -0.1) is 0 Å². The lowest BCUT2D eigenvalue weighted by atomic mass is 9.79. The Kier molecular flexibility index (Phi) is 2.49. The minimum absolute atomic E-state index is 0.180. The average Bonchev–Trinajstić information content (AvgIpc) is 3.00. The predicted molar refractivity (Wildman–Crippen MR) is 73.8 cm³/mol. The van der Waals surface area contributed by atoms with Gasteiger partial charge in [0.25, 0.3) is 0 Å². The molecule has 0 radical (unpaired) electrons. The first-order chi connectivity index (χ1) is 9.36. The van der Waals surface area contributed by atoms with Gasteiger partial charge in [0.2, 0.25) is 0 Å². The van der Waals surface area contributed by atoms with Crippen molar-refractivity contribution < 1.29 is 5.11 Å². The Morgan fingerprint density at radius 2 is 2.00 bits per heavy atom. The number of benzene rings is 1. The Balaban J connectivity index is 1.84. The second-order valence-electron chi connectivity index (χ2n) is 5.73. The van der Waals surface area contributed by atoms with Crippen LogP contribution in [0, 0.1) is 5.92 Å². The van der Waals surface area contributed by atoms with E-state index in [9.17, 15) is 5.11 Å². The molecule has 0 spiro atoms. The van der Waals surface area contributed by atoms with Gasteiger partial charge in [-0.05, 0) is 18.4 Å². The molecule has 3 nitrogen and oxygen atoms in total. The molecule has 2 heterocycles. The van der Waals surface area contributed by atoms with Gasteiger partial charge in [0.05, 0.1) is 30.4 Å². The van der Waals surface area contributed by atoms with Crippen LogP contribution < -0.4 is 0 Å². The van der Waals surface area contributed by atoms with E-state index in [0.717, 1.165) is 19.3 Å². The molecule has 3 atom stereocenters. The maximum atomic E-state index is 10.4. The number of rotatable bonds is 1. The minimum atomic E-state index is -0.180. The summed E-state index contributed by atoms with van der Waals surface area (Å²) in [7, 11) is 0. The number of hydrogen-bond acceptors (Lipinski definition) is 2. The Morgan fingerprint density at radius 3 is 2.89 bits per heavy atom. The van der Waals surface area contributed by atoms with Crippen molar-refractivity contribution in [1.82, 2.24) is 9.55 Å². The molecule has 1 unspecified atom stereocenters. The average molecular weight is 254 g/mol. The van der Waals surface area contributed by atoms with Gasteiger partial charge in [0, 0.05) is 11.5 Å². The summed E-state index contributed by atoms with van der Waals surface area (Å²) in [6, 6.07) is 8.81. The van der Waals surface area contributed by atoms with Gasteiger partial charge >= 0.3 is 0 Å². The lowest BCUT2D eigenvalue weighted by Gasteiger charge is -2.33. The van der Waals surface area contributed by atoms with E-state index in [2.05, 4.69) is 33.8 Å². The third-order valence-electron chi connectivity index (χ3n) is 4.71. The number of aromatic nitrogens is 2. The van der Waals surface area contributed by atoms with Crippen molar-refractivity contribution in [3.05, 3.63) is 42.4 Å². The molecule has 2 aromatic rings. The molecule has 1 aliphatic carbocycles. The smallest absolute Gasteiger partial charge is 0.0956 e. The summed E-state index contributed by atoms with van der Waals surface area (Å²) in [5.41, 5.74) is 3.83. The summed E-state index contributed by atoms with van der Waals surface area (Å²) >= 11 is 0. The largest absolute Gasteiger partial charge is 0.393 e. The molecule has 1 saturated carbocycles. The fraction of sp³-hybridized carbons (Fsp3) is 0.438. The van der Waals surface area contributed by atoms with Gasteiger partial charge in [0.1, 0.15) is 0 Å². The molecule has 1 N–H and O–H groups in total. The first kappa shape index (κ1) is 11.2. The van der Waals surface area contributed by atoms with Gasteiger partial charge in [0.15, 0.2) is 0 Å². The molecular formula is C16H18N2O. The third-order valence-corrected chi connectivity index (χ3v) is 4.71. The van der Waals surface area contributed by atoms with E-state index in [1.807, 2.05) is 12.5 Å². The Labute approximate surface area is 112 Å². The van der Waals surface area contributed by atoms with E-state index in [1.165, 1.54) is 23.2 Å². The maximum Gasteiger partial charge on any atom is 0.0956 e. The molecule has 1 aliphatic heterocycles. The summed E-state index contributed by atoms with van der Waals surface area (Å²) < 4.78 is 2.25. The summed E-state index contributed by atoms with van der Waals surface area (Å²) in [4.78, 5) is 4.29. The SMILES string of the molecule is O[C@H]1CCCCC1[C@H]1c2ccccc2-c2cncn21. The topological polar surface area (TPSA) is 38.1 Å². The molecule has 1 aromatic carbocycles. The van der Waals surface area contributed by atoms with Crippen molar-refractivity contribution >= 4 is 0 Å². The van der Waals surface area contributed by atoms with Crippen LogP contribution in [0.15, 0.2) is 36.8 Å². The Hall–Kier alpha value is -1.61. The summed E-state index contributed by atoms with van der Waals surface area (Å²) in [5.74, 6) is 0.324. The highest BCUT2D eigenvalue weighted by molar-refractivity contribution is 5.69. The van der Waals surface area contributed by atoms with Crippen molar-refractivity contribution in [2.45, 2.75) is 37.8 Å². The normalized spacial score (nSPS) is 29.0. The van der Waals surface area contributed by atoms with Crippen molar-refractivity contribution in [2.75, 3.05) is 0 Å². The van der Waals surface area contributed by atoms with E-state index < -0.39 is 0 Å². The first-order valence-corrected chi connectivity index (χ1v) is 7.15. The summed E-state index contributed by atoms with van der Waals surface area (Å²) in [5, 5.41) is 10.4. The van der Waals surface area contributed by atoms with Gasteiger partial charge < -0.3 is 9.67 Å². The monoisotopic (exact) mass is 254 g/mol. The molecule has 0 amide bonds. The second kappa shape index (κ2) is 4.20. The fourth-order valence-electron chi connectivity index (χ4n) is 3.82. The van der Waals surface area contributed by atoms with Crippen LogP contribution in [0.3, 0.4) is 0 Å². The lowest BCUT2D eigenvalue weighted by Crippen LogP contribution is -2.31. The van der Waals surface area contributed by atoms with Crippen LogP contribution in [-0.4, -0.2) is 20.8 Å². The molecule has 1 fully saturated rings. The van der Waals surface area contributed by atoms with Crippen LogP contribution in [-0.2, 0) is 0 Å². The number of aliphatic hydroxyl groups excluding tert-OH is 1. The molecule has 98 valence electrons. The third kappa shape index (κ3) is 1.58. The predicted octanol–water partition coefficient (Wildman–Crippen LogP) is 3.00. The van der Waals surface area contributed by atoms with E-state index in [4.69, 9.17) is 0 Å². The second-order valence-corrected chi connectivity index (χ2v) is 5.73. The number of fused-ring (bicyclic) bond motifs is 3. The van der Waals surface area contributed by atoms with Crippen molar-refractivity contribution in [3.63, 3.8) is 0 Å². The molecule has 19 heavy (non-hydrogen) atoms. The van der Waals surface area contributed by atoms with Crippen LogP contribution in [0.2, 0.25) is 0 Å². The quantitative estimate of drug-likeness (QED) is 0.849. The number of aliphatic hydroxyl groups is 1. The van der Waals surface area contributed by atoms with Crippen molar-refractivity contribution in [2.24, 2.45) is 5.92 Å².